The van der Waals surface area contributed by atoms with Crippen molar-refractivity contribution in [1.82, 2.24) is 4.90 Å². The van der Waals surface area contributed by atoms with Crippen LogP contribution in [0.2, 0.25) is 10.0 Å². The molecule has 192 valence electrons. The summed E-state index contributed by atoms with van der Waals surface area (Å²) in [6, 6.07) is 15.8. The van der Waals surface area contributed by atoms with Crippen molar-refractivity contribution in [2.75, 3.05) is 19.1 Å². The van der Waals surface area contributed by atoms with Crippen molar-refractivity contribution < 1.29 is 23.9 Å². The van der Waals surface area contributed by atoms with Crippen LogP contribution < -0.4 is 14.4 Å². The molecular weight excluding hydrogens is 527 g/mol. The number of anilines is 1. The van der Waals surface area contributed by atoms with Gasteiger partial charge in [0.15, 0.2) is 5.78 Å². The number of halogens is 2. The van der Waals surface area contributed by atoms with E-state index in [2.05, 4.69) is 0 Å². The molecule has 1 unspecified atom stereocenters. The van der Waals surface area contributed by atoms with Gasteiger partial charge in [-0.25, -0.2) is 4.90 Å². The first-order valence-corrected chi connectivity index (χ1v) is 12.7. The number of carbonyl (C=O) groups excluding carboxylic acids is 3. The smallest absolute Gasteiger partial charge is 0.240 e. The molecule has 2 fully saturated rings. The highest BCUT2D eigenvalue weighted by Gasteiger charge is 2.64. The van der Waals surface area contributed by atoms with E-state index < -0.39 is 35.7 Å². The Kier molecular flexibility index (Phi) is 5.93. The Hall–Kier alpha value is -3.81. The molecule has 3 aromatic rings. The molecular formula is C29H22Cl2N2O5. The van der Waals surface area contributed by atoms with Gasteiger partial charge in [-0.2, -0.15) is 0 Å². The van der Waals surface area contributed by atoms with Crippen LogP contribution in [0.4, 0.5) is 5.69 Å². The number of rotatable bonds is 5. The second kappa shape index (κ2) is 9.19. The zero-order chi connectivity index (χ0) is 26.7. The molecule has 0 saturated carbocycles. The van der Waals surface area contributed by atoms with Crippen LogP contribution in [0.1, 0.15) is 27.5 Å². The first-order chi connectivity index (χ1) is 18.3. The second-order valence-corrected chi connectivity index (χ2v) is 10.3. The van der Waals surface area contributed by atoms with Gasteiger partial charge in [0.1, 0.15) is 17.5 Å². The van der Waals surface area contributed by atoms with E-state index in [1.165, 1.54) is 32.4 Å². The lowest BCUT2D eigenvalue weighted by atomic mass is 9.83. The van der Waals surface area contributed by atoms with Gasteiger partial charge in [0.05, 0.1) is 43.3 Å². The third-order valence-corrected chi connectivity index (χ3v) is 7.94. The number of fused-ring (bicyclic) bond motifs is 5. The molecule has 0 aliphatic carbocycles. The summed E-state index contributed by atoms with van der Waals surface area (Å²) in [4.78, 5) is 45.3. The van der Waals surface area contributed by atoms with E-state index in [1.54, 1.807) is 18.2 Å². The highest BCUT2D eigenvalue weighted by atomic mass is 35.5. The summed E-state index contributed by atoms with van der Waals surface area (Å²) in [7, 11) is 2.99. The monoisotopic (exact) mass is 548 g/mol. The topological polar surface area (TPSA) is 76.1 Å². The summed E-state index contributed by atoms with van der Waals surface area (Å²) in [6.45, 7) is 0. The molecule has 3 heterocycles. The zero-order valence-electron chi connectivity index (χ0n) is 20.4. The van der Waals surface area contributed by atoms with Gasteiger partial charge in [-0.1, -0.05) is 47.5 Å². The van der Waals surface area contributed by atoms with Gasteiger partial charge in [0.2, 0.25) is 11.8 Å². The van der Waals surface area contributed by atoms with Gasteiger partial charge >= 0.3 is 0 Å². The van der Waals surface area contributed by atoms with E-state index in [0.717, 1.165) is 16.0 Å². The average molecular weight is 549 g/mol. The van der Waals surface area contributed by atoms with E-state index in [0.29, 0.717) is 21.5 Å². The summed E-state index contributed by atoms with van der Waals surface area (Å²) >= 11 is 12.4. The van der Waals surface area contributed by atoms with Gasteiger partial charge in [-0.3, -0.25) is 14.4 Å². The van der Waals surface area contributed by atoms with Crippen molar-refractivity contribution in [3.63, 3.8) is 0 Å². The van der Waals surface area contributed by atoms with Crippen LogP contribution in [0.25, 0.3) is 6.08 Å². The summed E-state index contributed by atoms with van der Waals surface area (Å²) in [6.07, 6.45) is 3.71. The lowest BCUT2D eigenvalue weighted by Crippen LogP contribution is -2.44. The number of ether oxygens (including phenoxy) is 2. The molecule has 4 atom stereocenters. The Morgan fingerprint density at radius 2 is 1.58 bits per heavy atom. The van der Waals surface area contributed by atoms with Crippen LogP contribution >= 0.6 is 23.2 Å². The SMILES string of the molecule is COc1ccc(OC)c(C(=O)[C@@H]2[C@@H]3C(=O)N(c4cc(Cl)cc(Cl)c4)C(=O)[C@@H]3C3c4ccccc4C=CN32)c1. The second-order valence-electron chi connectivity index (χ2n) is 9.40. The Labute approximate surface area is 229 Å². The minimum absolute atomic E-state index is 0.271. The lowest BCUT2D eigenvalue weighted by Gasteiger charge is -2.35. The summed E-state index contributed by atoms with van der Waals surface area (Å²) in [5.74, 6) is -2.11. The molecule has 0 aromatic heterocycles. The van der Waals surface area contributed by atoms with Crippen LogP contribution in [-0.4, -0.2) is 42.8 Å². The van der Waals surface area contributed by atoms with E-state index >= 15 is 0 Å². The Morgan fingerprint density at radius 1 is 0.868 bits per heavy atom. The fourth-order valence-corrected chi connectivity index (χ4v) is 6.46. The van der Waals surface area contributed by atoms with Crippen LogP contribution in [0.5, 0.6) is 11.5 Å². The number of carbonyl (C=O) groups is 3. The number of Topliss-reactive ketones (excluding diaryl/α,β-unsaturated/α-hetero) is 1. The normalized spacial score (nSPS) is 23.3. The van der Waals surface area contributed by atoms with E-state index in [1.807, 2.05) is 41.4 Å². The van der Waals surface area contributed by atoms with Crippen molar-refractivity contribution in [2.45, 2.75) is 12.1 Å². The molecule has 2 saturated heterocycles. The quantitative estimate of drug-likeness (QED) is 0.313. The standard InChI is InChI=1S/C29H22Cl2N2O5/c1-37-19-7-8-22(38-2)21(14-19)27(34)26-24-23(25-20-6-4-3-5-15(20)9-10-32(25)26)28(35)33(29(24)36)18-12-16(30)11-17(31)13-18/h3-14,23-26H,1-2H3/t23-,24+,25?,26-/m0/s1. The predicted molar refractivity (Wildman–Crippen MR) is 144 cm³/mol. The Morgan fingerprint density at radius 3 is 2.29 bits per heavy atom. The van der Waals surface area contributed by atoms with E-state index in [-0.39, 0.29) is 17.0 Å². The van der Waals surface area contributed by atoms with E-state index in [9.17, 15) is 14.4 Å². The van der Waals surface area contributed by atoms with Gasteiger partial charge in [0.25, 0.3) is 0 Å². The highest BCUT2D eigenvalue weighted by Crippen LogP contribution is 2.54. The first kappa shape index (κ1) is 24.5. The Balaban J connectivity index is 1.52. The molecule has 3 aromatic carbocycles. The van der Waals surface area contributed by atoms with Crippen LogP contribution in [0.15, 0.2) is 66.9 Å². The highest BCUT2D eigenvalue weighted by molar-refractivity contribution is 6.36. The zero-order valence-corrected chi connectivity index (χ0v) is 21.9. The van der Waals surface area contributed by atoms with Crippen molar-refractivity contribution in [2.24, 2.45) is 11.8 Å². The minimum atomic E-state index is -0.952. The fourth-order valence-electron chi connectivity index (χ4n) is 5.95. The molecule has 0 spiro atoms. The molecule has 38 heavy (non-hydrogen) atoms. The van der Waals surface area contributed by atoms with Gasteiger partial charge in [-0.15, -0.1) is 0 Å². The fraction of sp³-hybridized carbons (Fsp3) is 0.207. The number of methoxy groups -OCH3 is 2. The number of hydrogen-bond donors (Lipinski definition) is 0. The molecule has 0 radical (unpaired) electrons. The Bertz CT molecular complexity index is 1520. The molecule has 6 rings (SSSR count). The third kappa shape index (κ3) is 3.61. The number of nitrogens with zero attached hydrogens (tertiary/aromatic N) is 2. The van der Waals surface area contributed by atoms with Gasteiger partial charge in [-0.05, 0) is 53.6 Å². The van der Waals surface area contributed by atoms with Crippen molar-refractivity contribution in [1.29, 1.82) is 0 Å². The summed E-state index contributed by atoms with van der Waals surface area (Å²) < 4.78 is 10.8. The molecule has 2 amide bonds. The number of hydrogen-bond acceptors (Lipinski definition) is 6. The molecule has 7 nitrogen and oxygen atoms in total. The van der Waals surface area contributed by atoms with Crippen LogP contribution in [0.3, 0.4) is 0 Å². The maximum atomic E-state index is 14.3. The molecule has 0 bridgehead atoms. The van der Waals surface area contributed by atoms with Gasteiger partial charge in [0, 0.05) is 16.2 Å². The minimum Gasteiger partial charge on any atom is -0.497 e. The van der Waals surface area contributed by atoms with Crippen LogP contribution in [0, 0.1) is 11.8 Å². The number of imide groups is 1. The largest absolute Gasteiger partial charge is 0.497 e. The lowest BCUT2D eigenvalue weighted by molar-refractivity contribution is -0.123. The molecule has 0 N–H and O–H groups in total. The third-order valence-electron chi connectivity index (χ3n) is 7.51. The average Bonchev–Trinajstić information content (AvgIpc) is 3.39. The van der Waals surface area contributed by atoms with E-state index in [4.69, 9.17) is 32.7 Å². The molecule has 3 aliphatic rings. The maximum absolute atomic E-state index is 14.3. The van der Waals surface area contributed by atoms with Crippen molar-refractivity contribution >= 4 is 52.6 Å². The summed E-state index contributed by atoms with van der Waals surface area (Å²) in [5, 5.41) is 0.595. The van der Waals surface area contributed by atoms with Crippen molar-refractivity contribution in [3.05, 3.63) is 93.6 Å². The molecule has 3 aliphatic heterocycles. The number of benzene rings is 3. The first-order valence-electron chi connectivity index (χ1n) is 12.0. The molecule has 9 heteroatoms. The maximum Gasteiger partial charge on any atom is 0.240 e. The van der Waals surface area contributed by atoms with Gasteiger partial charge < -0.3 is 14.4 Å². The summed E-state index contributed by atoms with van der Waals surface area (Å²) in [5.41, 5.74) is 2.37. The predicted octanol–water partition coefficient (Wildman–Crippen LogP) is 5.41. The van der Waals surface area contributed by atoms with Crippen LogP contribution in [-0.2, 0) is 9.59 Å². The van der Waals surface area contributed by atoms with Crippen molar-refractivity contribution in [3.8, 4) is 11.5 Å². The number of amides is 2. The number of ketones is 1.